The van der Waals surface area contributed by atoms with Crippen molar-refractivity contribution in [1.29, 1.82) is 0 Å². The molecule has 0 radical (unpaired) electrons. The van der Waals surface area contributed by atoms with E-state index in [0.29, 0.717) is 33.8 Å². The Morgan fingerprint density at radius 3 is 2.33 bits per heavy atom. The van der Waals surface area contributed by atoms with Crippen LogP contribution in [0, 0.1) is 5.82 Å². The third kappa shape index (κ3) is 4.12. The molecule has 5 aromatic rings. The summed E-state index contributed by atoms with van der Waals surface area (Å²) >= 11 is 0. The van der Waals surface area contributed by atoms with E-state index in [9.17, 15) is 17.6 Å². The van der Waals surface area contributed by atoms with Crippen LogP contribution < -0.4 is 4.74 Å². The minimum atomic E-state index is -4.53. The number of para-hydroxylation sites is 1. The van der Waals surface area contributed by atoms with Crippen molar-refractivity contribution in [3.8, 4) is 34.3 Å². The number of pyridine rings is 1. The highest BCUT2D eigenvalue weighted by Crippen LogP contribution is 2.37. The molecule has 0 saturated heterocycles. The second-order valence-electron chi connectivity index (χ2n) is 7.12. The van der Waals surface area contributed by atoms with Gasteiger partial charge in [0.25, 0.3) is 0 Å². The largest absolute Gasteiger partial charge is 0.424 e. The van der Waals surface area contributed by atoms with Crippen molar-refractivity contribution in [2.75, 3.05) is 0 Å². The molecule has 0 N–H and O–H groups in total. The fraction of sp³-hybridized carbons (Fsp3) is 0.0417. The minimum absolute atomic E-state index is 0.0648. The van der Waals surface area contributed by atoms with Crippen molar-refractivity contribution in [2.24, 2.45) is 0 Å². The van der Waals surface area contributed by atoms with E-state index in [1.807, 2.05) is 6.07 Å². The molecular weight excluding hydrogens is 436 g/mol. The van der Waals surface area contributed by atoms with Gasteiger partial charge in [0.05, 0.1) is 22.3 Å². The molecule has 164 valence electrons. The van der Waals surface area contributed by atoms with Gasteiger partial charge in [0.1, 0.15) is 17.3 Å². The second kappa shape index (κ2) is 8.01. The van der Waals surface area contributed by atoms with E-state index in [0.717, 1.165) is 16.8 Å². The molecule has 0 saturated carbocycles. The molecule has 5 nitrogen and oxygen atoms in total. The van der Waals surface area contributed by atoms with E-state index >= 15 is 0 Å². The van der Waals surface area contributed by atoms with Crippen LogP contribution in [0.4, 0.5) is 17.6 Å². The molecule has 0 aliphatic carbocycles. The average molecular weight is 450 g/mol. The van der Waals surface area contributed by atoms with Gasteiger partial charge in [0.2, 0.25) is 0 Å². The van der Waals surface area contributed by atoms with Gasteiger partial charge >= 0.3 is 12.2 Å². The molecular formula is C24H14F4N4O. The van der Waals surface area contributed by atoms with Crippen molar-refractivity contribution in [1.82, 2.24) is 19.6 Å². The van der Waals surface area contributed by atoms with Gasteiger partial charge in [-0.3, -0.25) is 0 Å². The lowest BCUT2D eigenvalue weighted by Gasteiger charge is -2.08. The number of benzene rings is 2. The van der Waals surface area contributed by atoms with E-state index in [-0.39, 0.29) is 6.01 Å². The van der Waals surface area contributed by atoms with E-state index in [1.54, 1.807) is 30.3 Å². The second-order valence-corrected chi connectivity index (χ2v) is 7.12. The Morgan fingerprint density at radius 2 is 1.61 bits per heavy atom. The van der Waals surface area contributed by atoms with Crippen molar-refractivity contribution in [3.63, 3.8) is 0 Å². The quantitative estimate of drug-likeness (QED) is 0.297. The third-order valence-electron chi connectivity index (χ3n) is 4.92. The Bertz CT molecular complexity index is 1430. The maximum atomic E-state index is 13.5. The number of fused-ring (bicyclic) bond motifs is 1. The smallest absolute Gasteiger partial charge is 0.417 e. The summed E-state index contributed by atoms with van der Waals surface area (Å²) in [4.78, 5) is 8.58. The zero-order chi connectivity index (χ0) is 23.0. The number of ether oxygens (including phenoxy) is 1. The van der Waals surface area contributed by atoms with Gasteiger partial charge in [-0.1, -0.05) is 18.2 Å². The first-order chi connectivity index (χ1) is 15.9. The Labute approximate surface area is 184 Å². The number of halogens is 4. The lowest BCUT2D eigenvalue weighted by Crippen LogP contribution is -2.06. The monoisotopic (exact) mass is 450 g/mol. The number of nitrogens with zero attached hydrogens (tertiary/aromatic N) is 4. The predicted molar refractivity (Wildman–Crippen MR) is 113 cm³/mol. The van der Waals surface area contributed by atoms with Gasteiger partial charge in [0, 0.05) is 18.0 Å². The number of hydrogen-bond donors (Lipinski definition) is 0. The van der Waals surface area contributed by atoms with E-state index < -0.39 is 17.6 Å². The molecule has 5 rings (SSSR count). The lowest BCUT2D eigenvalue weighted by atomic mass is 10.0. The number of alkyl halides is 3. The van der Waals surface area contributed by atoms with Gasteiger partial charge in [-0.15, -0.1) is 0 Å². The first kappa shape index (κ1) is 20.6. The number of rotatable bonds is 4. The number of hydrogen-bond acceptors (Lipinski definition) is 4. The maximum absolute atomic E-state index is 13.5. The average Bonchev–Trinajstić information content (AvgIpc) is 3.19. The first-order valence-electron chi connectivity index (χ1n) is 9.80. The van der Waals surface area contributed by atoms with Gasteiger partial charge in [0.15, 0.2) is 0 Å². The van der Waals surface area contributed by atoms with Crippen LogP contribution >= 0.6 is 0 Å². The van der Waals surface area contributed by atoms with Crippen LogP contribution in [-0.2, 0) is 6.18 Å². The predicted octanol–water partition coefficient (Wildman–Crippen LogP) is 6.41. The number of aromatic nitrogens is 4. The van der Waals surface area contributed by atoms with Crippen LogP contribution in [-0.4, -0.2) is 19.6 Å². The van der Waals surface area contributed by atoms with Crippen molar-refractivity contribution < 1.29 is 22.3 Å². The molecule has 2 aromatic carbocycles. The SMILES string of the molecule is Fc1ccc(-c2nn3cc(C(F)(F)F)ccc3c2-c2ccnc(Oc3ccccc3)n2)cc1. The summed E-state index contributed by atoms with van der Waals surface area (Å²) in [6.45, 7) is 0. The fourth-order valence-corrected chi connectivity index (χ4v) is 3.40. The molecule has 0 amide bonds. The van der Waals surface area contributed by atoms with Crippen molar-refractivity contribution >= 4 is 5.52 Å². The lowest BCUT2D eigenvalue weighted by molar-refractivity contribution is -0.137. The molecule has 0 aliphatic heterocycles. The summed E-state index contributed by atoms with van der Waals surface area (Å²) in [5.41, 5.74) is 1.28. The molecule has 0 spiro atoms. The summed E-state index contributed by atoms with van der Waals surface area (Å²) in [6.07, 6.45) is -2.13. The fourth-order valence-electron chi connectivity index (χ4n) is 3.40. The van der Waals surface area contributed by atoms with Crippen LogP contribution in [0.15, 0.2) is 85.2 Å². The summed E-state index contributed by atoms with van der Waals surface area (Å²) in [6, 6.07) is 18.5. The highest BCUT2D eigenvalue weighted by atomic mass is 19.4. The van der Waals surface area contributed by atoms with Crippen LogP contribution in [0.2, 0.25) is 0 Å². The van der Waals surface area contributed by atoms with E-state index in [4.69, 9.17) is 4.74 Å². The molecule has 9 heteroatoms. The maximum Gasteiger partial charge on any atom is 0.417 e. The zero-order valence-electron chi connectivity index (χ0n) is 16.8. The molecule has 3 aromatic heterocycles. The summed E-state index contributed by atoms with van der Waals surface area (Å²) in [7, 11) is 0. The van der Waals surface area contributed by atoms with Crippen LogP contribution in [0.3, 0.4) is 0 Å². The summed E-state index contributed by atoms with van der Waals surface area (Å²) in [5, 5.41) is 4.37. The van der Waals surface area contributed by atoms with Gasteiger partial charge < -0.3 is 4.74 Å². The van der Waals surface area contributed by atoms with Crippen LogP contribution in [0.25, 0.3) is 28.0 Å². The zero-order valence-corrected chi connectivity index (χ0v) is 16.8. The standard InChI is InChI=1S/C24H14F4N4O/c25-17-9-6-15(7-10-17)22-21(20-11-8-16(24(26,27)28)14-32(20)31-22)19-12-13-29-23(30-19)33-18-4-2-1-3-5-18/h1-14H. The van der Waals surface area contributed by atoms with Crippen LogP contribution in [0.1, 0.15) is 5.56 Å². The van der Waals surface area contributed by atoms with Crippen molar-refractivity contribution in [2.45, 2.75) is 6.18 Å². The van der Waals surface area contributed by atoms with Gasteiger partial charge in [-0.05, 0) is 54.6 Å². The topological polar surface area (TPSA) is 52.3 Å². The molecule has 0 fully saturated rings. The third-order valence-corrected chi connectivity index (χ3v) is 4.92. The summed E-state index contributed by atoms with van der Waals surface area (Å²) < 4.78 is 60.1. The van der Waals surface area contributed by atoms with Gasteiger partial charge in [-0.2, -0.15) is 23.3 Å². The highest BCUT2D eigenvalue weighted by molar-refractivity contribution is 5.90. The van der Waals surface area contributed by atoms with E-state index in [1.165, 1.54) is 36.5 Å². The molecule has 3 heterocycles. The molecule has 0 bridgehead atoms. The van der Waals surface area contributed by atoms with E-state index in [2.05, 4.69) is 15.1 Å². The highest BCUT2D eigenvalue weighted by Gasteiger charge is 2.31. The minimum Gasteiger partial charge on any atom is -0.424 e. The Balaban J connectivity index is 1.68. The molecule has 0 aliphatic rings. The Morgan fingerprint density at radius 1 is 0.848 bits per heavy atom. The van der Waals surface area contributed by atoms with Gasteiger partial charge in [-0.25, -0.2) is 13.9 Å². The first-order valence-corrected chi connectivity index (χ1v) is 9.80. The molecule has 33 heavy (non-hydrogen) atoms. The summed E-state index contributed by atoms with van der Waals surface area (Å²) in [5.74, 6) is 0.0899. The normalized spacial score (nSPS) is 11.6. The Kier molecular flexibility index (Phi) is 5.01. The van der Waals surface area contributed by atoms with Crippen molar-refractivity contribution in [3.05, 3.63) is 96.6 Å². The molecule has 0 unspecified atom stereocenters. The van der Waals surface area contributed by atoms with Crippen LogP contribution in [0.5, 0.6) is 11.8 Å². The molecule has 0 atom stereocenters. The Hall–Kier alpha value is -4.27.